The molecule has 0 aliphatic rings. The Morgan fingerprint density at radius 1 is 1.24 bits per heavy atom. The van der Waals surface area contributed by atoms with Gasteiger partial charge in [-0.25, -0.2) is 4.98 Å². The van der Waals surface area contributed by atoms with Gasteiger partial charge in [-0.1, -0.05) is 43.5 Å². The molecule has 2 aromatic rings. The van der Waals surface area contributed by atoms with E-state index < -0.39 is 0 Å². The van der Waals surface area contributed by atoms with Crippen LogP contribution in [0, 0.1) is 0 Å². The van der Waals surface area contributed by atoms with Gasteiger partial charge in [0.25, 0.3) is 0 Å². The minimum atomic E-state index is -0.277. The molecule has 0 amide bonds. The molecule has 0 saturated heterocycles. The molecule has 7 heteroatoms. The van der Waals surface area contributed by atoms with Gasteiger partial charge < -0.3 is 18.8 Å². The number of unbranched alkanes of at least 4 members (excludes halogenated alkanes) is 4. The molecule has 0 saturated carbocycles. The van der Waals surface area contributed by atoms with Crippen LogP contribution < -0.4 is 9.47 Å². The van der Waals surface area contributed by atoms with Gasteiger partial charge in [-0.05, 0) is 25.0 Å². The second kappa shape index (κ2) is 12.9. The molecule has 1 heterocycles. The Balaban J connectivity index is 1.57. The summed E-state index contributed by atoms with van der Waals surface area (Å²) >= 11 is 6.16. The first-order valence-electron chi connectivity index (χ1n) is 9.87. The third-order valence-electron chi connectivity index (χ3n) is 4.40. The molecule has 0 aliphatic carbocycles. The number of ether oxygens (including phenoxy) is 3. The number of rotatable bonds is 14. The summed E-state index contributed by atoms with van der Waals surface area (Å²) in [4.78, 5) is 16.1. The van der Waals surface area contributed by atoms with Gasteiger partial charge >= 0.3 is 5.97 Å². The van der Waals surface area contributed by atoms with Crippen LogP contribution in [0.15, 0.2) is 43.2 Å². The Bertz CT molecular complexity index is 776. The van der Waals surface area contributed by atoms with Gasteiger partial charge in [0.15, 0.2) is 0 Å². The van der Waals surface area contributed by atoms with E-state index >= 15 is 0 Å². The van der Waals surface area contributed by atoms with Crippen LogP contribution in [0.1, 0.15) is 37.9 Å². The molecule has 6 nitrogen and oxygen atoms in total. The van der Waals surface area contributed by atoms with Crippen LogP contribution in [0.25, 0.3) is 0 Å². The van der Waals surface area contributed by atoms with Crippen molar-refractivity contribution in [3.8, 4) is 11.5 Å². The van der Waals surface area contributed by atoms with E-state index in [0.29, 0.717) is 17.4 Å². The maximum Gasteiger partial charge on any atom is 0.326 e. The van der Waals surface area contributed by atoms with Crippen LogP contribution in [0.4, 0.5) is 0 Å². The summed E-state index contributed by atoms with van der Waals surface area (Å²) < 4.78 is 17.7. The summed E-state index contributed by atoms with van der Waals surface area (Å²) in [6, 6.07) is 5.42. The Morgan fingerprint density at radius 3 is 2.79 bits per heavy atom. The van der Waals surface area contributed by atoms with Crippen LogP contribution >= 0.6 is 11.6 Å². The molecule has 0 atom stereocenters. The average Bonchev–Trinajstić information content (AvgIpc) is 3.16. The number of carbonyl (C=O) groups excluding carboxylic acids is 1. The van der Waals surface area contributed by atoms with Crippen molar-refractivity contribution in [1.82, 2.24) is 9.55 Å². The maximum absolute atomic E-state index is 11.7. The minimum absolute atomic E-state index is 0.189. The molecule has 0 N–H and O–H groups in total. The van der Waals surface area contributed by atoms with Gasteiger partial charge in [0, 0.05) is 24.9 Å². The van der Waals surface area contributed by atoms with Crippen molar-refractivity contribution in [3.63, 3.8) is 0 Å². The lowest BCUT2D eigenvalue weighted by atomic mass is 10.1. The van der Waals surface area contributed by atoms with E-state index in [4.69, 9.17) is 25.8 Å². The predicted molar refractivity (Wildman–Crippen MR) is 114 cm³/mol. The second-order valence-electron chi connectivity index (χ2n) is 6.61. The Morgan fingerprint density at radius 2 is 2.03 bits per heavy atom. The highest BCUT2D eigenvalue weighted by molar-refractivity contribution is 6.32. The summed E-state index contributed by atoms with van der Waals surface area (Å²) in [6.45, 7) is 4.60. The van der Waals surface area contributed by atoms with Crippen molar-refractivity contribution in [1.29, 1.82) is 0 Å². The molecule has 0 fully saturated rings. The van der Waals surface area contributed by atoms with E-state index in [1.54, 1.807) is 25.4 Å². The molecule has 0 unspecified atom stereocenters. The predicted octanol–water partition coefficient (Wildman–Crippen LogP) is 4.85. The van der Waals surface area contributed by atoms with Gasteiger partial charge in [-0.2, -0.15) is 0 Å². The van der Waals surface area contributed by atoms with Gasteiger partial charge in [0.1, 0.15) is 30.5 Å². The Labute approximate surface area is 177 Å². The average molecular weight is 421 g/mol. The summed E-state index contributed by atoms with van der Waals surface area (Å²) in [5.74, 6) is 2.04. The van der Waals surface area contributed by atoms with Crippen molar-refractivity contribution in [3.05, 3.63) is 54.1 Å². The second-order valence-corrected chi connectivity index (χ2v) is 7.01. The first-order chi connectivity index (χ1) is 14.1. The molecular formula is C22H29ClN2O4. The Hall–Kier alpha value is -2.47. The standard InChI is InChI=1S/C22H29ClN2O4/c1-3-14-29-22(26)17-25-13-12-24-21(25)9-7-5-4-6-8-15-28-20-11-10-18(27-2)16-19(20)23/h3,10-13,16H,1,4-9,14-15,17H2,2H3. The SMILES string of the molecule is C=CCOC(=O)Cn1ccnc1CCCCCCCOc1ccc(OC)cc1Cl. The molecule has 2 rings (SSSR count). The van der Waals surface area contributed by atoms with Crippen molar-refractivity contribution in [2.75, 3.05) is 20.3 Å². The highest BCUT2D eigenvalue weighted by atomic mass is 35.5. The molecule has 1 aromatic heterocycles. The van der Waals surface area contributed by atoms with Crippen molar-refractivity contribution < 1.29 is 19.0 Å². The topological polar surface area (TPSA) is 62.6 Å². The smallest absolute Gasteiger partial charge is 0.326 e. The van der Waals surface area contributed by atoms with E-state index in [0.717, 1.165) is 50.1 Å². The van der Waals surface area contributed by atoms with Crippen LogP contribution in [-0.2, 0) is 22.5 Å². The number of carbonyl (C=O) groups is 1. The van der Waals surface area contributed by atoms with Crippen LogP contribution in [0.5, 0.6) is 11.5 Å². The molecule has 0 spiro atoms. The summed E-state index contributed by atoms with van der Waals surface area (Å²) in [5.41, 5.74) is 0. The highest BCUT2D eigenvalue weighted by Crippen LogP contribution is 2.28. The van der Waals surface area contributed by atoms with Crippen LogP contribution in [-0.4, -0.2) is 35.8 Å². The maximum atomic E-state index is 11.7. The van der Waals surface area contributed by atoms with E-state index in [9.17, 15) is 4.79 Å². The monoisotopic (exact) mass is 420 g/mol. The van der Waals surface area contributed by atoms with Gasteiger partial charge in [-0.15, -0.1) is 0 Å². The lowest BCUT2D eigenvalue weighted by molar-refractivity contribution is -0.143. The first-order valence-corrected chi connectivity index (χ1v) is 10.2. The molecule has 29 heavy (non-hydrogen) atoms. The largest absolute Gasteiger partial charge is 0.497 e. The van der Waals surface area contributed by atoms with Crippen molar-refractivity contribution >= 4 is 17.6 Å². The number of benzene rings is 1. The van der Waals surface area contributed by atoms with Crippen LogP contribution in [0.2, 0.25) is 5.02 Å². The fourth-order valence-corrected chi connectivity index (χ4v) is 3.10. The van der Waals surface area contributed by atoms with Gasteiger partial charge in [0.05, 0.1) is 18.7 Å². The van der Waals surface area contributed by atoms with Gasteiger partial charge in [0.2, 0.25) is 0 Å². The summed E-state index contributed by atoms with van der Waals surface area (Å²) in [7, 11) is 1.61. The van der Waals surface area contributed by atoms with E-state index in [2.05, 4.69) is 11.6 Å². The molecule has 0 bridgehead atoms. The van der Waals surface area contributed by atoms with Crippen LogP contribution in [0.3, 0.4) is 0 Å². The molecule has 158 valence electrons. The van der Waals surface area contributed by atoms with Crippen molar-refractivity contribution in [2.24, 2.45) is 0 Å². The first kappa shape index (κ1) is 22.8. The molecule has 0 radical (unpaired) electrons. The lowest BCUT2D eigenvalue weighted by Gasteiger charge is -2.09. The fourth-order valence-electron chi connectivity index (χ4n) is 2.87. The van der Waals surface area contributed by atoms with E-state index in [1.165, 1.54) is 0 Å². The molecular weight excluding hydrogens is 392 g/mol. The van der Waals surface area contributed by atoms with E-state index in [-0.39, 0.29) is 19.1 Å². The number of hydrogen-bond acceptors (Lipinski definition) is 5. The third-order valence-corrected chi connectivity index (χ3v) is 4.70. The third kappa shape index (κ3) is 8.20. The summed E-state index contributed by atoms with van der Waals surface area (Å²) in [6.07, 6.45) is 11.3. The van der Waals surface area contributed by atoms with Gasteiger partial charge in [-0.3, -0.25) is 4.79 Å². The normalized spacial score (nSPS) is 10.6. The Kier molecular flexibility index (Phi) is 10.1. The fraction of sp³-hybridized carbons (Fsp3) is 0.455. The minimum Gasteiger partial charge on any atom is -0.497 e. The highest BCUT2D eigenvalue weighted by Gasteiger charge is 2.08. The number of imidazole rings is 1. The quantitative estimate of drug-likeness (QED) is 0.248. The summed E-state index contributed by atoms with van der Waals surface area (Å²) in [5, 5.41) is 0.563. The molecule has 0 aliphatic heterocycles. The number of methoxy groups -OCH3 is 1. The van der Waals surface area contributed by atoms with Crippen molar-refractivity contribution in [2.45, 2.75) is 45.1 Å². The molecule has 1 aromatic carbocycles. The van der Waals surface area contributed by atoms with E-state index in [1.807, 2.05) is 22.9 Å². The lowest BCUT2D eigenvalue weighted by Crippen LogP contribution is -2.15. The number of halogens is 1. The number of aromatic nitrogens is 2. The zero-order valence-corrected chi connectivity index (χ0v) is 17.7. The number of esters is 1. The number of aryl methyl sites for hydroxylation is 1. The number of nitrogens with zero attached hydrogens (tertiary/aromatic N) is 2. The number of hydrogen-bond donors (Lipinski definition) is 0. The zero-order valence-electron chi connectivity index (χ0n) is 16.9. The zero-order chi connectivity index (χ0) is 20.9.